The number of benzene rings is 9. The summed E-state index contributed by atoms with van der Waals surface area (Å²) in [6.45, 7) is 0. The first-order chi connectivity index (χ1) is 30.1. The first-order valence-electron chi connectivity index (χ1n) is 19.1. The molecule has 0 aliphatic heterocycles. The molecule has 10 aromatic rings. The second kappa shape index (κ2) is 13.3. The highest BCUT2D eigenvalue weighted by atomic mass is 16.4. The van der Waals surface area contributed by atoms with Gasteiger partial charge >= 0.3 is 0 Å². The van der Waals surface area contributed by atoms with Gasteiger partial charge in [0.2, 0.25) is 23.0 Å². The van der Waals surface area contributed by atoms with Gasteiger partial charge in [-0.3, -0.25) is 0 Å². The summed E-state index contributed by atoms with van der Waals surface area (Å²) < 4.78 is 6.25. The molecule has 0 radical (unpaired) electrons. The molecular weight excluding hydrogens is 811 g/mol. The summed E-state index contributed by atoms with van der Waals surface area (Å²) in [5.74, 6) is -12.1. The van der Waals surface area contributed by atoms with Crippen molar-refractivity contribution in [2.24, 2.45) is 0 Å². The third-order valence-corrected chi connectivity index (χ3v) is 11.9. The van der Waals surface area contributed by atoms with E-state index in [1.165, 1.54) is 7.85 Å². The van der Waals surface area contributed by atoms with E-state index in [0.717, 1.165) is 0 Å². The lowest BCUT2D eigenvalue weighted by Crippen LogP contribution is -2.09. The lowest BCUT2D eigenvalue weighted by atomic mass is 9.81. The van der Waals surface area contributed by atoms with Crippen molar-refractivity contribution >= 4 is 67.6 Å². The van der Waals surface area contributed by atoms with Crippen molar-refractivity contribution in [2.75, 3.05) is 0 Å². The quantitative estimate of drug-likeness (QED) is 0.0345. The van der Waals surface area contributed by atoms with Crippen molar-refractivity contribution in [1.29, 1.82) is 0 Å². The number of hydrogen-bond donors (Lipinski definition) is 13. The van der Waals surface area contributed by atoms with E-state index in [9.17, 15) is 66.4 Å². The summed E-state index contributed by atoms with van der Waals surface area (Å²) >= 11 is 0. The Bertz CT molecular complexity index is 3560. The van der Waals surface area contributed by atoms with E-state index in [1.807, 2.05) is 0 Å². The number of hydrogen-bond acceptors (Lipinski definition) is 14. The lowest BCUT2D eigenvalue weighted by molar-refractivity contribution is 0.348. The Morgan fingerprint density at radius 3 is 1.30 bits per heavy atom. The molecule has 310 valence electrons. The van der Waals surface area contributed by atoms with Crippen molar-refractivity contribution in [2.45, 2.75) is 0 Å². The van der Waals surface area contributed by atoms with E-state index in [4.69, 9.17) is 4.42 Å². The highest BCUT2D eigenvalue weighted by Crippen LogP contribution is 2.61. The van der Waals surface area contributed by atoms with Gasteiger partial charge in [0.25, 0.3) is 0 Å². The van der Waals surface area contributed by atoms with E-state index >= 15 is 0 Å². The summed E-state index contributed by atoms with van der Waals surface area (Å²) in [4.78, 5) is 0. The molecule has 0 unspecified atom stereocenters. The molecule has 0 saturated heterocycles. The SMILES string of the molecule is Bc1c(O)c(O)c(O)c(O)c1-c1c(O)c(O)c(-c2c3ccccc3c(-c3ccc4oc5c6c(O)c(O)c(O)c(O)c6c(-c6ccccc6)c(O)c5c4c3)c3ccccc23)c(O)c1O. The zero-order chi connectivity index (χ0) is 44.5. The van der Waals surface area contributed by atoms with Gasteiger partial charge in [0, 0.05) is 27.5 Å². The van der Waals surface area contributed by atoms with Crippen molar-refractivity contribution in [3.8, 4) is 119 Å². The van der Waals surface area contributed by atoms with Crippen molar-refractivity contribution in [3.63, 3.8) is 0 Å². The minimum atomic E-state index is -1.18. The molecule has 9 aromatic carbocycles. The van der Waals surface area contributed by atoms with Gasteiger partial charge in [0.1, 0.15) is 19.2 Å². The zero-order valence-electron chi connectivity index (χ0n) is 32.5. The van der Waals surface area contributed by atoms with Gasteiger partial charge in [-0.05, 0) is 55.8 Å². The molecule has 1 heterocycles. The Labute approximate surface area is 353 Å². The van der Waals surface area contributed by atoms with E-state index in [-0.39, 0.29) is 49.7 Å². The maximum absolute atomic E-state index is 12.2. The van der Waals surface area contributed by atoms with Crippen LogP contribution in [0.15, 0.2) is 101 Å². The normalized spacial score (nSPS) is 11.7. The van der Waals surface area contributed by atoms with Crippen molar-refractivity contribution in [3.05, 3.63) is 97.1 Å². The van der Waals surface area contributed by atoms with Gasteiger partial charge in [0.15, 0.2) is 51.6 Å². The van der Waals surface area contributed by atoms with Crippen LogP contribution in [0.5, 0.6) is 74.7 Å². The Morgan fingerprint density at radius 2 is 0.746 bits per heavy atom. The Morgan fingerprint density at radius 1 is 0.302 bits per heavy atom. The summed E-state index contributed by atoms with van der Waals surface area (Å²) in [5, 5.41) is 146. The molecule has 0 spiro atoms. The summed E-state index contributed by atoms with van der Waals surface area (Å²) in [5.41, 5.74) is -0.115. The van der Waals surface area contributed by atoms with Crippen molar-refractivity contribution in [1.82, 2.24) is 0 Å². The number of phenols is 13. The van der Waals surface area contributed by atoms with Crippen molar-refractivity contribution < 1.29 is 70.8 Å². The number of fused-ring (bicyclic) bond motifs is 7. The molecule has 1 aromatic heterocycles. The summed E-state index contributed by atoms with van der Waals surface area (Å²) in [7, 11) is 1.20. The highest BCUT2D eigenvalue weighted by Gasteiger charge is 2.34. The molecule has 0 aliphatic carbocycles. The Hall–Kier alpha value is -8.98. The third kappa shape index (κ3) is 5.01. The molecule has 0 aliphatic rings. The largest absolute Gasteiger partial charge is 0.506 e. The third-order valence-electron chi connectivity index (χ3n) is 11.9. The van der Waals surface area contributed by atoms with Gasteiger partial charge in [-0.1, -0.05) is 84.9 Å². The molecule has 0 saturated carbocycles. The Balaban J connectivity index is 1.28. The minimum absolute atomic E-state index is 0.0380. The molecule has 0 atom stereocenters. The maximum Gasteiger partial charge on any atom is 0.205 e. The van der Waals surface area contributed by atoms with Crippen LogP contribution in [0.1, 0.15) is 0 Å². The number of phenolic OH excluding ortho intramolecular Hbond substituents is 13. The molecule has 15 heteroatoms. The highest BCUT2D eigenvalue weighted by molar-refractivity contribution is 6.39. The van der Waals surface area contributed by atoms with Crippen LogP contribution in [0, 0.1) is 0 Å². The van der Waals surface area contributed by atoms with Crippen LogP contribution in [0.2, 0.25) is 0 Å². The van der Waals surface area contributed by atoms with Crippen LogP contribution in [0.3, 0.4) is 0 Å². The van der Waals surface area contributed by atoms with Gasteiger partial charge < -0.3 is 70.8 Å². The van der Waals surface area contributed by atoms with E-state index in [1.54, 1.807) is 97.1 Å². The predicted octanol–water partition coefficient (Wildman–Crippen LogP) is 8.14. The number of rotatable bonds is 4. The Kier molecular flexibility index (Phi) is 8.05. The average molecular weight is 843 g/mol. The standard InChI is InChI=1S/C48H31BO14/c49-34-30(37(52)45(60)47(62)43(34)58)32-40(55)38(53)31(39(54)41(32)56)27-21-12-6-4-10-19(21)25(20-11-5-7-13-22(20)27)18-14-15-24-23(16-18)28-35(50)26(17-8-2-1-3-9-17)29-33(48(28)63-24)42(57)46(61)44(59)36(29)51/h1-16,50-62H,49H2. The molecule has 0 bridgehead atoms. The van der Waals surface area contributed by atoms with Gasteiger partial charge in [-0.2, -0.15) is 0 Å². The van der Waals surface area contributed by atoms with Gasteiger partial charge in [-0.25, -0.2) is 0 Å². The first kappa shape index (κ1) is 38.2. The van der Waals surface area contributed by atoms with E-state index < -0.39 is 85.7 Å². The smallest absolute Gasteiger partial charge is 0.205 e. The predicted molar refractivity (Wildman–Crippen MR) is 238 cm³/mol. The van der Waals surface area contributed by atoms with Crippen LogP contribution < -0.4 is 5.46 Å². The van der Waals surface area contributed by atoms with Crippen LogP contribution in [0.25, 0.3) is 98.8 Å². The fraction of sp³-hybridized carbons (Fsp3) is 0. The first-order valence-corrected chi connectivity index (χ1v) is 19.1. The molecule has 0 fully saturated rings. The minimum Gasteiger partial charge on any atom is -0.506 e. The molecule has 10 rings (SSSR count). The van der Waals surface area contributed by atoms with Crippen LogP contribution in [-0.2, 0) is 0 Å². The van der Waals surface area contributed by atoms with E-state index in [2.05, 4.69) is 0 Å². The van der Waals surface area contributed by atoms with Gasteiger partial charge in [0.05, 0.1) is 21.9 Å². The average Bonchev–Trinajstić information content (AvgIpc) is 3.68. The van der Waals surface area contributed by atoms with Crippen LogP contribution in [-0.4, -0.2) is 74.2 Å². The molecule has 13 N–H and O–H groups in total. The van der Waals surface area contributed by atoms with Crippen LogP contribution in [0.4, 0.5) is 0 Å². The second-order valence-corrected chi connectivity index (χ2v) is 15.1. The second-order valence-electron chi connectivity index (χ2n) is 15.1. The van der Waals surface area contributed by atoms with Crippen LogP contribution >= 0.6 is 0 Å². The fourth-order valence-electron chi connectivity index (χ4n) is 8.96. The molecule has 14 nitrogen and oxygen atoms in total. The zero-order valence-corrected chi connectivity index (χ0v) is 32.5. The lowest BCUT2D eigenvalue weighted by Gasteiger charge is -2.22. The fourth-order valence-corrected chi connectivity index (χ4v) is 8.96. The van der Waals surface area contributed by atoms with E-state index in [0.29, 0.717) is 43.6 Å². The van der Waals surface area contributed by atoms with Gasteiger partial charge in [-0.15, -0.1) is 0 Å². The maximum atomic E-state index is 12.2. The number of furan rings is 1. The summed E-state index contributed by atoms with van der Waals surface area (Å²) in [6, 6.07) is 27.4. The number of aromatic hydroxyl groups is 13. The summed E-state index contributed by atoms with van der Waals surface area (Å²) in [6.07, 6.45) is 0. The topological polar surface area (TPSA) is 276 Å². The molecule has 0 amide bonds. The molecular formula is C48H31BO14. The molecule has 63 heavy (non-hydrogen) atoms. The monoisotopic (exact) mass is 842 g/mol.